The van der Waals surface area contributed by atoms with Gasteiger partial charge in [-0.25, -0.2) is 14.2 Å². The van der Waals surface area contributed by atoms with E-state index in [2.05, 4.69) is 21.4 Å². The quantitative estimate of drug-likeness (QED) is 0.674. The summed E-state index contributed by atoms with van der Waals surface area (Å²) in [5, 5.41) is 0. The van der Waals surface area contributed by atoms with Gasteiger partial charge in [-0.05, 0) is 35.4 Å². The van der Waals surface area contributed by atoms with E-state index in [1.807, 2.05) is 24.3 Å². The van der Waals surface area contributed by atoms with Crippen LogP contribution in [0.15, 0.2) is 46.9 Å². The Morgan fingerprint density at radius 3 is 2.33 bits per heavy atom. The van der Waals surface area contributed by atoms with Crippen molar-refractivity contribution in [3.63, 3.8) is 0 Å². The SMILES string of the molecule is NNC(c1cccc(Br)c1)c1ccc(F)c(F)c1. The molecule has 1 unspecified atom stereocenters. The van der Waals surface area contributed by atoms with Crippen LogP contribution < -0.4 is 11.3 Å². The molecule has 0 bridgehead atoms. The van der Waals surface area contributed by atoms with Crippen LogP contribution in [0, 0.1) is 11.6 Å². The number of halogens is 3. The summed E-state index contributed by atoms with van der Waals surface area (Å²) >= 11 is 3.36. The molecule has 2 aromatic rings. The van der Waals surface area contributed by atoms with Gasteiger partial charge in [0, 0.05) is 4.47 Å². The Morgan fingerprint density at radius 1 is 1.00 bits per heavy atom. The van der Waals surface area contributed by atoms with Gasteiger partial charge < -0.3 is 0 Å². The molecular weight excluding hydrogens is 302 g/mol. The van der Waals surface area contributed by atoms with Crippen molar-refractivity contribution in [2.75, 3.05) is 0 Å². The molecule has 1 atom stereocenters. The Labute approximate surface area is 112 Å². The first-order valence-electron chi connectivity index (χ1n) is 5.28. The Hall–Kier alpha value is -1.30. The smallest absolute Gasteiger partial charge is 0.159 e. The molecule has 0 radical (unpaired) electrons. The van der Waals surface area contributed by atoms with Crippen LogP contribution in [0.1, 0.15) is 17.2 Å². The van der Waals surface area contributed by atoms with E-state index >= 15 is 0 Å². The van der Waals surface area contributed by atoms with E-state index in [0.29, 0.717) is 5.56 Å². The minimum atomic E-state index is -0.886. The highest BCUT2D eigenvalue weighted by Crippen LogP contribution is 2.25. The zero-order valence-corrected chi connectivity index (χ0v) is 10.9. The summed E-state index contributed by atoms with van der Waals surface area (Å²) in [7, 11) is 0. The molecule has 0 aliphatic rings. The summed E-state index contributed by atoms with van der Waals surface area (Å²) in [5.74, 6) is 3.74. The number of nitrogens with two attached hydrogens (primary N) is 1. The third kappa shape index (κ3) is 2.75. The van der Waals surface area contributed by atoms with Crippen LogP contribution in [-0.2, 0) is 0 Å². The zero-order valence-electron chi connectivity index (χ0n) is 9.33. The van der Waals surface area contributed by atoms with E-state index in [9.17, 15) is 8.78 Å². The summed E-state index contributed by atoms with van der Waals surface area (Å²) in [6.07, 6.45) is 0. The van der Waals surface area contributed by atoms with Gasteiger partial charge in [-0.2, -0.15) is 0 Å². The highest BCUT2D eigenvalue weighted by Gasteiger charge is 2.14. The Kier molecular flexibility index (Phi) is 4.06. The van der Waals surface area contributed by atoms with Crippen molar-refractivity contribution >= 4 is 15.9 Å². The molecular formula is C13H11BrF2N2. The first kappa shape index (κ1) is 13.1. The first-order valence-corrected chi connectivity index (χ1v) is 6.07. The Bertz CT molecular complexity index is 560. The van der Waals surface area contributed by atoms with Crippen LogP contribution in [-0.4, -0.2) is 0 Å². The van der Waals surface area contributed by atoms with E-state index in [4.69, 9.17) is 5.84 Å². The monoisotopic (exact) mass is 312 g/mol. The molecule has 2 aromatic carbocycles. The summed E-state index contributed by atoms with van der Waals surface area (Å²) < 4.78 is 27.0. The van der Waals surface area contributed by atoms with E-state index in [-0.39, 0.29) is 0 Å². The summed E-state index contributed by atoms with van der Waals surface area (Å²) in [6, 6.07) is 10.8. The summed E-state index contributed by atoms with van der Waals surface area (Å²) in [4.78, 5) is 0. The van der Waals surface area contributed by atoms with Crippen molar-refractivity contribution in [1.29, 1.82) is 0 Å². The molecule has 0 saturated heterocycles. The molecule has 0 heterocycles. The second-order valence-corrected chi connectivity index (χ2v) is 4.74. The molecule has 0 aliphatic carbocycles. The molecule has 0 spiro atoms. The molecule has 5 heteroatoms. The fourth-order valence-corrected chi connectivity index (χ4v) is 2.18. The van der Waals surface area contributed by atoms with Crippen molar-refractivity contribution in [1.82, 2.24) is 5.43 Å². The van der Waals surface area contributed by atoms with Crippen LogP contribution in [0.2, 0.25) is 0 Å². The van der Waals surface area contributed by atoms with Crippen molar-refractivity contribution in [2.45, 2.75) is 6.04 Å². The van der Waals surface area contributed by atoms with Crippen LogP contribution in [0.3, 0.4) is 0 Å². The number of hydrogen-bond acceptors (Lipinski definition) is 2. The lowest BCUT2D eigenvalue weighted by Gasteiger charge is -2.17. The van der Waals surface area contributed by atoms with Crippen molar-refractivity contribution in [3.8, 4) is 0 Å². The lowest BCUT2D eigenvalue weighted by molar-refractivity contribution is 0.504. The molecule has 2 nitrogen and oxygen atoms in total. The van der Waals surface area contributed by atoms with Gasteiger partial charge in [-0.15, -0.1) is 0 Å². The van der Waals surface area contributed by atoms with Crippen molar-refractivity contribution in [2.24, 2.45) is 5.84 Å². The standard InChI is InChI=1S/C13H11BrF2N2/c14-10-3-1-2-8(6-10)13(18-17)9-4-5-11(15)12(16)7-9/h1-7,13,18H,17H2. The molecule has 94 valence electrons. The Balaban J connectivity index is 2.42. The summed E-state index contributed by atoms with van der Waals surface area (Å²) in [6.45, 7) is 0. The predicted molar refractivity (Wildman–Crippen MR) is 69.7 cm³/mol. The first-order chi connectivity index (χ1) is 8.61. The topological polar surface area (TPSA) is 38.0 Å². The van der Waals surface area contributed by atoms with Gasteiger partial charge in [-0.1, -0.05) is 34.1 Å². The lowest BCUT2D eigenvalue weighted by Crippen LogP contribution is -2.29. The average molecular weight is 313 g/mol. The van der Waals surface area contributed by atoms with Crippen LogP contribution in [0.4, 0.5) is 8.78 Å². The largest absolute Gasteiger partial charge is 0.271 e. The van der Waals surface area contributed by atoms with E-state index in [0.717, 1.165) is 22.2 Å². The molecule has 0 fully saturated rings. The van der Waals surface area contributed by atoms with Crippen LogP contribution >= 0.6 is 15.9 Å². The number of rotatable bonds is 3. The maximum atomic E-state index is 13.2. The highest BCUT2D eigenvalue weighted by atomic mass is 79.9. The fraction of sp³-hybridized carbons (Fsp3) is 0.0769. The highest BCUT2D eigenvalue weighted by molar-refractivity contribution is 9.10. The van der Waals surface area contributed by atoms with Gasteiger partial charge in [0.05, 0.1) is 6.04 Å². The minimum Gasteiger partial charge on any atom is -0.271 e. The van der Waals surface area contributed by atoms with Gasteiger partial charge in [-0.3, -0.25) is 5.84 Å². The van der Waals surface area contributed by atoms with Gasteiger partial charge in [0.25, 0.3) is 0 Å². The Morgan fingerprint density at radius 2 is 1.72 bits per heavy atom. The molecule has 18 heavy (non-hydrogen) atoms. The van der Waals surface area contributed by atoms with Crippen LogP contribution in [0.25, 0.3) is 0 Å². The number of hydrogen-bond donors (Lipinski definition) is 2. The maximum Gasteiger partial charge on any atom is 0.159 e. The normalized spacial score (nSPS) is 12.4. The van der Waals surface area contributed by atoms with E-state index in [1.54, 1.807) is 0 Å². The van der Waals surface area contributed by atoms with Crippen LogP contribution in [0.5, 0.6) is 0 Å². The number of hydrazine groups is 1. The van der Waals surface area contributed by atoms with E-state index in [1.165, 1.54) is 6.07 Å². The minimum absolute atomic E-state index is 0.391. The van der Waals surface area contributed by atoms with Gasteiger partial charge in [0.2, 0.25) is 0 Å². The molecule has 3 N–H and O–H groups in total. The fourth-order valence-electron chi connectivity index (χ4n) is 1.76. The second kappa shape index (κ2) is 5.56. The average Bonchev–Trinajstić information content (AvgIpc) is 2.35. The molecule has 0 aromatic heterocycles. The van der Waals surface area contributed by atoms with Crippen molar-refractivity contribution < 1.29 is 8.78 Å². The predicted octanol–water partition coefficient (Wildman–Crippen LogP) is 3.28. The molecule has 0 saturated carbocycles. The van der Waals surface area contributed by atoms with Crippen molar-refractivity contribution in [3.05, 3.63) is 69.7 Å². The third-order valence-corrected chi connectivity index (χ3v) is 3.12. The third-order valence-electron chi connectivity index (χ3n) is 2.63. The van der Waals surface area contributed by atoms with Gasteiger partial charge >= 0.3 is 0 Å². The van der Waals surface area contributed by atoms with E-state index < -0.39 is 17.7 Å². The molecule has 2 rings (SSSR count). The number of benzene rings is 2. The zero-order chi connectivity index (χ0) is 13.1. The second-order valence-electron chi connectivity index (χ2n) is 3.83. The van der Waals surface area contributed by atoms with Gasteiger partial charge in [0.15, 0.2) is 11.6 Å². The maximum absolute atomic E-state index is 13.2. The molecule has 0 amide bonds. The lowest BCUT2D eigenvalue weighted by atomic mass is 9.99. The molecule has 0 aliphatic heterocycles. The van der Waals surface area contributed by atoms with Gasteiger partial charge in [0.1, 0.15) is 0 Å². The number of nitrogens with one attached hydrogen (secondary N) is 1. The summed E-state index contributed by atoms with van der Waals surface area (Å²) in [5.41, 5.74) is 4.02.